The molecule has 2 unspecified atom stereocenters. The Morgan fingerprint density at radius 3 is 2.89 bits per heavy atom. The van der Waals surface area contributed by atoms with Crippen molar-refractivity contribution in [1.29, 1.82) is 0 Å². The van der Waals surface area contributed by atoms with Gasteiger partial charge in [-0.1, -0.05) is 18.2 Å². The van der Waals surface area contributed by atoms with Crippen molar-refractivity contribution in [2.75, 3.05) is 6.61 Å². The summed E-state index contributed by atoms with van der Waals surface area (Å²) in [5.74, 6) is 0.0578. The number of ether oxygens (including phenoxy) is 1. The Kier molecular flexibility index (Phi) is 4.68. The fourth-order valence-corrected chi connectivity index (χ4v) is 4.11. The van der Waals surface area contributed by atoms with Gasteiger partial charge in [0, 0.05) is 17.4 Å². The molecule has 8 heteroatoms. The lowest BCUT2D eigenvalue weighted by Crippen LogP contribution is -2.40. The quantitative estimate of drug-likeness (QED) is 0.635. The molecule has 2 atom stereocenters. The number of hydrogen-bond donors (Lipinski definition) is 1. The third kappa shape index (κ3) is 3.08. The number of amides is 3. The standard InChI is InChI=1S/C20H21N3O4S/c1-4-26-12(2)17-21-14(11-28-17)10-23-18(24)20(3,22-19(23)25)16-9-13-7-5-6-8-15(13)27-16/h5-9,11-12H,4,10H2,1-3H3,(H,22,25). The number of nitrogens with zero attached hydrogens (tertiary/aromatic N) is 2. The van der Waals surface area contributed by atoms with E-state index in [1.165, 1.54) is 16.2 Å². The second-order valence-electron chi connectivity index (χ2n) is 6.87. The first-order chi connectivity index (χ1) is 13.4. The Labute approximate surface area is 166 Å². The third-order valence-corrected chi connectivity index (χ3v) is 5.90. The van der Waals surface area contributed by atoms with E-state index in [0.29, 0.717) is 23.6 Å². The lowest BCUT2D eigenvalue weighted by molar-refractivity contribution is -0.132. The SMILES string of the molecule is CCOC(C)c1nc(CN2C(=O)NC(C)(c3cc4ccccc4o3)C2=O)cs1. The number of imide groups is 1. The van der Waals surface area contributed by atoms with Crippen LogP contribution < -0.4 is 5.32 Å². The van der Waals surface area contributed by atoms with E-state index in [1.807, 2.05) is 43.5 Å². The van der Waals surface area contributed by atoms with Gasteiger partial charge in [0.15, 0.2) is 5.54 Å². The molecule has 1 fully saturated rings. The van der Waals surface area contributed by atoms with Crippen molar-refractivity contribution in [3.8, 4) is 0 Å². The lowest BCUT2D eigenvalue weighted by Gasteiger charge is -2.18. The van der Waals surface area contributed by atoms with E-state index in [4.69, 9.17) is 9.15 Å². The summed E-state index contributed by atoms with van der Waals surface area (Å²) < 4.78 is 11.4. The Morgan fingerprint density at radius 1 is 1.36 bits per heavy atom. The molecule has 1 saturated heterocycles. The van der Waals surface area contributed by atoms with Crippen LogP contribution in [0.5, 0.6) is 0 Å². The Balaban J connectivity index is 1.57. The normalized spacial score (nSPS) is 20.8. The first-order valence-electron chi connectivity index (χ1n) is 9.11. The molecule has 1 aliphatic rings. The zero-order valence-electron chi connectivity index (χ0n) is 15.9. The summed E-state index contributed by atoms with van der Waals surface area (Å²) in [6.45, 7) is 6.22. The van der Waals surface area contributed by atoms with Crippen LogP contribution in [0.4, 0.5) is 4.79 Å². The van der Waals surface area contributed by atoms with E-state index in [9.17, 15) is 9.59 Å². The number of hydrogen-bond acceptors (Lipinski definition) is 6. The molecule has 0 saturated carbocycles. The predicted octanol–water partition coefficient (Wildman–Crippen LogP) is 3.95. The second-order valence-corrected chi connectivity index (χ2v) is 7.76. The van der Waals surface area contributed by atoms with Gasteiger partial charge in [0.1, 0.15) is 22.5 Å². The first kappa shape index (κ1) is 18.6. The number of rotatable bonds is 6. The van der Waals surface area contributed by atoms with Gasteiger partial charge in [-0.25, -0.2) is 9.78 Å². The van der Waals surface area contributed by atoms with Crippen molar-refractivity contribution in [2.45, 2.75) is 39.0 Å². The highest BCUT2D eigenvalue weighted by Crippen LogP contribution is 2.34. The molecule has 3 aromatic rings. The maximum absolute atomic E-state index is 13.1. The fraction of sp³-hybridized carbons (Fsp3) is 0.350. The summed E-state index contributed by atoms with van der Waals surface area (Å²) >= 11 is 1.46. The Bertz CT molecular complexity index is 1010. The molecule has 146 valence electrons. The van der Waals surface area contributed by atoms with Crippen molar-refractivity contribution >= 4 is 34.2 Å². The van der Waals surface area contributed by atoms with Crippen LogP contribution in [0.2, 0.25) is 0 Å². The third-order valence-electron chi connectivity index (χ3n) is 4.85. The van der Waals surface area contributed by atoms with Crippen molar-refractivity contribution in [2.24, 2.45) is 0 Å². The Hall–Kier alpha value is -2.71. The smallest absolute Gasteiger partial charge is 0.325 e. The molecule has 4 rings (SSSR count). The van der Waals surface area contributed by atoms with E-state index in [-0.39, 0.29) is 18.6 Å². The van der Waals surface area contributed by atoms with Crippen LogP contribution in [0.25, 0.3) is 11.0 Å². The summed E-state index contributed by atoms with van der Waals surface area (Å²) in [6, 6.07) is 8.83. The van der Waals surface area contributed by atoms with Crippen LogP contribution in [-0.4, -0.2) is 28.4 Å². The number of benzene rings is 1. The van der Waals surface area contributed by atoms with E-state index >= 15 is 0 Å². The molecule has 7 nitrogen and oxygen atoms in total. The summed E-state index contributed by atoms with van der Waals surface area (Å²) in [6.07, 6.45) is -0.118. The van der Waals surface area contributed by atoms with Gasteiger partial charge < -0.3 is 14.5 Å². The lowest BCUT2D eigenvalue weighted by atomic mass is 9.99. The minimum atomic E-state index is -1.24. The molecule has 0 aliphatic carbocycles. The van der Waals surface area contributed by atoms with Gasteiger partial charge in [-0.2, -0.15) is 0 Å². The highest BCUT2D eigenvalue weighted by atomic mass is 32.1. The molecular weight excluding hydrogens is 378 g/mol. The molecule has 28 heavy (non-hydrogen) atoms. The first-order valence-corrected chi connectivity index (χ1v) is 9.99. The zero-order chi connectivity index (χ0) is 19.9. The van der Waals surface area contributed by atoms with Crippen LogP contribution in [0.3, 0.4) is 0 Å². The molecule has 3 heterocycles. The molecule has 1 N–H and O–H groups in total. The number of aromatic nitrogens is 1. The minimum absolute atomic E-state index is 0.107. The minimum Gasteiger partial charge on any atom is -0.458 e. The average Bonchev–Trinajstić information content (AvgIpc) is 3.36. The topological polar surface area (TPSA) is 84.7 Å². The molecule has 0 spiro atoms. The average molecular weight is 399 g/mol. The summed E-state index contributed by atoms with van der Waals surface area (Å²) in [5.41, 5.74) is 0.0882. The molecule has 1 aromatic carbocycles. The molecule has 0 radical (unpaired) electrons. The number of carbonyl (C=O) groups is 2. The van der Waals surface area contributed by atoms with Crippen LogP contribution in [-0.2, 0) is 21.6 Å². The van der Waals surface area contributed by atoms with E-state index < -0.39 is 11.6 Å². The van der Waals surface area contributed by atoms with Gasteiger partial charge in [0.25, 0.3) is 5.91 Å². The number of furan rings is 1. The summed E-state index contributed by atoms with van der Waals surface area (Å²) in [5, 5.41) is 6.33. The van der Waals surface area contributed by atoms with Crippen molar-refractivity contribution < 1.29 is 18.7 Å². The number of fused-ring (bicyclic) bond motifs is 1. The molecule has 3 amide bonds. The maximum atomic E-state index is 13.1. The Morgan fingerprint density at radius 2 is 2.14 bits per heavy atom. The summed E-state index contributed by atoms with van der Waals surface area (Å²) in [7, 11) is 0. The van der Waals surface area contributed by atoms with Crippen LogP contribution in [0.15, 0.2) is 40.1 Å². The number of para-hydroxylation sites is 1. The monoisotopic (exact) mass is 399 g/mol. The van der Waals surface area contributed by atoms with Crippen molar-refractivity contribution in [3.05, 3.63) is 52.2 Å². The van der Waals surface area contributed by atoms with Crippen LogP contribution in [0, 0.1) is 0 Å². The molecule has 2 aromatic heterocycles. The van der Waals surface area contributed by atoms with Gasteiger partial charge >= 0.3 is 6.03 Å². The maximum Gasteiger partial charge on any atom is 0.325 e. The number of carbonyl (C=O) groups excluding carboxylic acids is 2. The van der Waals surface area contributed by atoms with Crippen molar-refractivity contribution in [1.82, 2.24) is 15.2 Å². The zero-order valence-corrected chi connectivity index (χ0v) is 16.7. The van der Waals surface area contributed by atoms with Gasteiger partial charge in [0.2, 0.25) is 0 Å². The van der Waals surface area contributed by atoms with E-state index in [2.05, 4.69) is 10.3 Å². The van der Waals surface area contributed by atoms with Gasteiger partial charge in [-0.3, -0.25) is 9.69 Å². The largest absolute Gasteiger partial charge is 0.458 e. The van der Waals surface area contributed by atoms with Crippen molar-refractivity contribution in [3.63, 3.8) is 0 Å². The number of urea groups is 1. The number of nitrogens with one attached hydrogen (secondary N) is 1. The van der Waals surface area contributed by atoms with Gasteiger partial charge in [-0.15, -0.1) is 11.3 Å². The molecule has 1 aliphatic heterocycles. The van der Waals surface area contributed by atoms with E-state index in [0.717, 1.165) is 10.4 Å². The van der Waals surface area contributed by atoms with Gasteiger partial charge in [0.05, 0.1) is 12.2 Å². The fourth-order valence-electron chi connectivity index (χ4n) is 3.30. The second kappa shape index (κ2) is 7.03. The summed E-state index contributed by atoms with van der Waals surface area (Å²) in [4.78, 5) is 31.3. The highest BCUT2D eigenvalue weighted by Gasteiger charge is 2.51. The van der Waals surface area contributed by atoms with Crippen LogP contribution >= 0.6 is 11.3 Å². The number of thiazole rings is 1. The molecular formula is C20H21N3O4S. The highest BCUT2D eigenvalue weighted by molar-refractivity contribution is 7.09. The predicted molar refractivity (Wildman–Crippen MR) is 105 cm³/mol. The van der Waals surface area contributed by atoms with Crippen LogP contribution in [0.1, 0.15) is 43.3 Å². The molecule has 0 bridgehead atoms. The van der Waals surface area contributed by atoms with Gasteiger partial charge in [-0.05, 0) is 32.9 Å². The van der Waals surface area contributed by atoms with E-state index in [1.54, 1.807) is 13.0 Å².